The molecule has 4 rings (SSSR count). The Kier molecular flexibility index (Phi) is 6.79. The number of hydrogen-bond donors (Lipinski definition) is 4. The average Bonchev–Trinajstić information content (AvgIpc) is 3.50. The van der Waals surface area contributed by atoms with E-state index >= 15 is 0 Å². The molecule has 1 amide bonds. The number of aromatic amines is 2. The van der Waals surface area contributed by atoms with Crippen LogP contribution in [0.25, 0.3) is 11.5 Å². The fourth-order valence-corrected chi connectivity index (χ4v) is 4.95. The average molecular weight is 515 g/mol. The largest absolute Gasteiger partial charge is 0.512 e. The number of aryl methyl sites for hydroxylation is 1. The predicted octanol–water partition coefficient (Wildman–Crippen LogP) is 3.56. The van der Waals surface area contributed by atoms with Gasteiger partial charge in [-0.1, -0.05) is 34.5 Å². The van der Waals surface area contributed by atoms with Crippen LogP contribution >= 0.6 is 34.5 Å². The van der Waals surface area contributed by atoms with E-state index in [1.165, 1.54) is 0 Å². The highest BCUT2D eigenvalue weighted by atomic mass is 35.5. The first kappa shape index (κ1) is 23.4. The van der Waals surface area contributed by atoms with Crippen molar-refractivity contribution in [3.8, 4) is 16.6 Å². The number of halogens is 2. The number of H-pyrrole nitrogens is 2. The normalized spacial score (nSPS) is 18.4. The van der Waals surface area contributed by atoms with Crippen LogP contribution < -0.4 is 15.0 Å². The maximum absolute atomic E-state index is 12.7. The molecular weight excluding hydrogens is 495 g/mol. The fraction of sp³-hybridized carbons (Fsp3) is 0.368. The van der Waals surface area contributed by atoms with Crippen LogP contribution in [0.4, 0.5) is 9.93 Å². The smallest absolute Gasteiger partial charge is 0.449 e. The third kappa shape index (κ3) is 4.78. The molecule has 3 aromatic rings. The summed E-state index contributed by atoms with van der Waals surface area (Å²) in [6.07, 6.45) is 1.92. The highest BCUT2D eigenvalue weighted by Gasteiger charge is 2.34. The molecule has 11 nitrogen and oxygen atoms in total. The van der Waals surface area contributed by atoms with Crippen molar-refractivity contribution in [3.63, 3.8) is 0 Å². The molecule has 176 valence electrons. The molecule has 0 bridgehead atoms. The second kappa shape index (κ2) is 9.59. The number of carboxylic acid groups (broad SMARTS) is 1. The number of hydrogen-bond acceptors (Lipinski definition) is 8. The Hall–Kier alpha value is -2.80. The minimum absolute atomic E-state index is 0.116. The Morgan fingerprint density at radius 3 is 2.76 bits per heavy atom. The number of rotatable bonds is 6. The van der Waals surface area contributed by atoms with Crippen molar-refractivity contribution in [3.05, 3.63) is 33.8 Å². The number of carbonyl (C=O) groups is 2. The molecular formula is C19H20Cl2N6O5S. The molecule has 33 heavy (non-hydrogen) atoms. The van der Waals surface area contributed by atoms with Gasteiger partial charge in [0.2, 0.25) is 5.06 Å². The third-order valence-electron chi connectivity index (χ3n) is 5.22. The standard InChI is InChI=1S/C19H20Cl2N6O5S/c1-8-11(20)12(21)13(24-8)16(28)25-9-3-6-27(7-10(9)31-2)18-26-14(15-22-4-5-23-15)17(33-18)32-19(29)30/h4-5,9-10,24H,3,6-7H2,1-2H3,(H,22,23)(H,25,28)(H,29,30)/t9-,10+/m1/s1. The summed E-state index contributed by atoms with van der Waals surface area (Å²) in [6, 6.07) is -0.281. The number of piperidine rings is 1. The zero-order valence-electron chi connectivity index (χ0n) is 17.5. The number of nitrogens with zero attached hydrogens (tertiary/aromatic N) is 3. The van der Waals surface area contributed by atoms with Crippen molar-refractivity contribution in [1.82, 2.24) is 25.3 Å². The fourth-order valence-electron chi connectivity index (χ4n) is 3.59. The van der Waals surface area contributed by atoms with Gasteiger partial charge in [0.05, 0.1) is 22.2 Å². The first-order valence-electron chi connectivity index (χ1n) is 9.82. The number of carbonyl (C=O) groups excluding carboxylic acids is 1. The van der Waals surface area contributed by atoms with E-state index < -0.39 is 6.16 Å². The Balaban J connectivity index is 1.50. The maximum Gasteiger partial charge on any atom is 0.512 e. The molecule has 0 aliphatic carbocycles. The summed E-state index contributed by atoms with van der Waals surface area (Å²) in [4.78, 5) is 40.3. The molecule has 4 heterocycles. The lowest BCUT2D eigenvalue weighted by Crippen LogP contribution is -2.55. The molecule has 2 atom stereocenters. The summed E-state index contributed by atoms with van der Waals surface area (Å²) in [5, 5.41) is 13.2. The lowest BCUT2D eigenvalue weighted by Gasteiger charge is -2.37. The van der Waals surface area contributed by atoms with Crippen molar-refractivity contribution in [2.24, 2.45) is 0 Å². The van der Waals surface area contributed by atoms with Gasteiger partial charge in [-0.3, -0.25) is 4.79 Å². The van der Waals surface area contributed by atoms with Gasteiger partial charge < -0.3 is 34.8 Å². The van der Waals surface area contributed by atoms with Gasteiger partial charge in [0.25, 0.3) is 5.91 Å². The van der Waals surface area contributed by atoms with E-state index in [0.29, 0.717) is 46.9 Å². The van der Waals surface area contributed by atoms with Gasteiger partial charge in [-0.05, 0) is 13.3 Å². The first-order chi connectivity index (χ1) is 15.8. The highest BCUT2D eigenvalue weighted by molar-refractivity contribution is 7.18. The van der Waals surface area contributed by atoms with Crippen LogP contribution in [0.1, 0.15) is 22.6 Å². The summed E-state index contributed by atoms with van der Waals surface area (Å²) in [5.41, 5.74) is 1.12. The predicted molar refractivity (Wildman–Crippen MR) is 123 cm³/mol. The minimum Gasteiger partial charge on any atom is -0.449 e. The highest BCUT2D eigenvalue weighted by Crippen LogP contribution is 2.39. The number of aromatic nitrogens is 4. The number of methoxy groups -OCH3 is 1. The molecule has 1 saturated heterocycles. The Morgan fingerprint density at radius 1 is 1.36 bits per heavy atom. The molecule has 4 N–H and O–H groups in total. The van der Waals surface area contributed by atoms with Crippen LogP contribution in [0, 0.1) is 6.92 Å². The number of amides is 1. The lowest BCUT2D eigenvalue weighted by molar-refractivity contribution is 0.0540. The molecule has 0 spiro atoms. The van der Waals surface area contributed by atoms with Gasteiger partial charge >= 0.3 is 6.16 Å². The molecule has 1 aliphatic rings. The van der Waals surface area contributed by atoms with Gasteiger partial charge in [-0.25, -0.2) is 14.8 Å². The van der Waals surface area contributed by atoms with E-state index in [2.05, 4.69) is 25.3 Å². The number of ether oxygens (including phenoxy) is 2. The van der Waals surface area contributed by atoms with Crippen LogP contribution in [0.5, 0.6) is 5.06 Å². The van der Waals surface area contributed by atoms with Gasteiger partial charge in [0.1, 0.15) is 5.69 Å². The van der Waals surface area contributed by atoms with Gasteiger partial charge in [0, 0.05) is 38.3 Å². The second-order valence-electron chi connectivity index (χ2n) is 7.28. The summed E-state index contributed by atoms with van der Waals surface area (Å²) in [7, 11) is 1.56. The third-order valence-corrected chi connectivity index (χ3v) is 7.16. The summed E-state index contributed by atoms with van der Waals surface area (Å²) < 4.78 is 10.5. The Morgan fingerprint density at radius 2 is 2.15 bits per heavy atom. The van der Waals surface area contributed by atoms with E-state index in [0.717, 1.165) is 11.3 Å². The number of anilines is 1. The lowest BCUT2D eigenvalue weighted by atomic mass is 10.0. The maximum atomic E-state index is 12.7. The van der Waals surface area contributed by atoms with E-state index in [4.69, 9.17) is 37.8 Å². The quantitative estimate of drug-likeness (QED) is 0.365. The zero-order valence-corrected chi connectivity index (χ0v) is 19.8. The Labute approximate surface area is 202 Å². The van der Waals surface area contributed by atoms with Gasteiger partial charge in [-0.2, -0.15) is 0 Å². The van der Waals surface area contributed by atoms with E-state index in [1.54, 1.807) is 26.4 Å². The summed E-state index contributed by atoms with van der Waals surface area (Å²) in [6.45, 7) is 2.69. The number of imidazole rings is 1. The topological polar surface area (TPSA) is 145 Å². The van der Waals surface area contributed by atoms with Gasteiger partial charge in [0.15, 0.2) is 16.6 Å². The van der Waals surface area contributed by atoms with Crippen molar-refractivity contribution < 1.29 is 24.2 Å². The monoisotopic (exact) mass is 514 g/mol. The molecule has 1 aliphatic heterocycles. The Bertz CT molecular complexity index is 1160. The molecule has 1 fully saturated rings. The molecule has 0 saturated carbocycles. The van der Waals surface area contributed by atoms with Crippen molar-refractivity contribution >= 4 is 51.7 Å². The minimum atomic E-state index is -1.44. The molecule has 0 aromatic carbocycles. The molecule has 0 radical (unpaired) electrons. The van der Waals surface area contributed by atoms with E-state index in [-0.39, 0.29) is 33.8 Å². The van der Waals surface area contributed by atoms with E-state index in [1.807, 2.05) is 4.90 Å². The molecule has 14 heteroatoms. The van der Waals surface area contributed by atoms with Crippen LogP contribution in [-0.2, 0) is 4.74 Å². The van der Waals surface area contributed by atoms with Crippen molar-refractivity contribution in [1.29, 1.82) is 0 Å². The summed E-state index contributed by atoms with van der Waals surface area (Å²) in [5.74, 6) is 0.0259. The van der Waals surface area contributed by atoms with Crippen LogP contribution in [0.15, 0.2) is 12.4 Å². The van der Waals surface area contributed by atoms with E-state index in [9.17, 15) is 9.59 Å². The number of nitrogens with one attached hydrogen (secondary N) is 3. The van der Waals surface area contributed by atoms with Crippen molar-refractivity contribution in [2.75, 3.05) is 25.1 Å². The van der Waals surface area contributed by atoms with Crippen LogP contribution in [0.2, 0.25) is 10.0 Å². The van der Waals surface area contributed by atoms with Crippen LogP contribution in [-0.4, -0.2) is 69.5 Å². The van der Waals surface area contributed by atoms with Crippen LogP contribution in [0.3, 0.4) is 0 Å². The van der Waals surface area contributed by atoms with Gasteiger partial charge in [-0.15, -0.1) is 0 Å². The zero-order chi connectivity index (χ0) is 23.7. The van der Waals surface area contributed by atoms with Crippen molar-refractivity contribution in [2.45, 2.75) is 25.5 Å². The molecule has 0 unspecified atom stereocenters. The summed E-state index contributed by atoms with van der Waals surface area (Å²) >= 11 is 13.3. The second-order valence-corrected chi connectivity index (χ2v) is 8.98. The first-order valence-corrected chi connectivity index (χ1v) is 11.4. The number of thiazole rings is 1. The molecule has 3 aromatic heterocycles. The SMILES string of the molecule is CO[C@H]1CN(c2nc(-c3ncc[nH]3)c(OC(=O)O)s2)CC[C@H]1NC(=O)c1[nH]c(C)c(Cl)c1Cl.